The molecule has 0 saturated heterocycles. The monoisotopic (exact) mass is 272 g/mol. The van der Waals surface area contributed by atoms with Crippen LogP contribution in [0, 0.1) is 6.92 Å². The predicted molar refractivity (Wildman–Crippen MR) is 76.6 cm³/mol. The van der Waals surface area contributed by atoms with Crippen molar-refractivity contribution < 1.29 is 0 Å². The molecule has 0 aliphatic carbocycles. The van der Waals surface area contributed by atoms with Crippen LogP contribution in [0.2, 0.25) is 0 Å². The highest BCUT2D eigenvalue weighted by molar-refractivity contribution is 7.11. The van der Waals surface area contributed by atoms with Crippen molar-refractivity contribution in [3.05, 3.63) is 46.4 Å². The Hall–Kier alpha value is -1.75. The van der Waals surface area contributed by atoms with E-state index >= 15 is 0 Å². The molecule has 0 aliphatic heterocycles. The van der Waals surface area contributed by atoms with Crippen LogP contribution in [-0.2, 0) is 6.42 Å². The van der Waals surface area contributed by atoms with Crippen molar-refractivity contribution in [3.63, 3.8) is 0 Å². The Labute approximate surface area is 116 Å². The lowest BCUT2D eigenvalue weighted by atomic mass is 10.1. The first-order valence-corrected chi connectivity index (χ1v) is 7.25. The molecular formula is C14H16N4S. The van der Waals surface area contributed by atoms with Crippen molar-refractivity contribution in [2.24, 2.45) is 0 Å². The molecule has 1 atom stereocenters. The van der Waals surface area contributed by atoms with Gasteiger partial charge in [0.25, 0.3) is 0 Å². The Balaban J connectivity index is 1.72. The van der Waals surface area contributed by atoms with Crippen LogP contribution >= 0.6 is 11.3 Å². The Morgan fingerprint density at radius 3 is 2.95 bits per heavy atom. The largest absolute Gasteiger partial charge is 0.288 e. The summed E-state index contributed by atoms with van der Waals surface area (Å²) in [6.45, 7) is 4.34. The van der Waals surface area contributed by atoms with Crippen molar-refractivity contribution in [3.8, 4) is 0 Å². The summed E-state index contributed by atoms with van der Waals surface area (Å²) in [7, 11) is 0. The molecule has 0 spiro atoms. The van der Waals surface area contributed by atoms with Gasteiger partial charge in [-0.1, -0.05) is 6.92 Å². The minimum absolute atomic E-state index is 0.487. The Bertz CT molecular complexity index is 685. The lowest BCUT2D eigenvalue weighted by molar-refractivity contribution is 0.663. The average Bonchev–Trinajstić information content (AvgIpc) is 3.02. The second-order valence-corrected chi connectivity index (χ2v) is 6.05. The number of hydrogen-bond acceptors (Lipinski definition) is 4. The highest BCUT2D eigenvalue weighted by atomic mass is 32.1. The third-order valence-corrected chi connectivity index (χ3v) is 4.40. The van der Waals surface area contributed by atoms with Gasteiger partial charge in [-0.3, -0.25) is 4.40 Å². The maximum Gasteiger partial charge on any atom is 0.233 e. The van der Waals surface area contributed by atoms with E-state index in [-0.39, 0.29) is 0 Å². The fraction of sp³-hybridized carbons (Fsp3) is 0.357. The van der Waals surface area contributed by atoms with E-state index in [1.807, 2.05) is 24.7 Å². The van der Waals surface area contributed by atoms with E-state index in [1.54, 1.807) is 17.5 Å². The van der Waals surface area contributed by atoms with Gasteiger partial charge >= 0.3 is 0 Å². The van der Waals surface area contributed by atoms with Gasteiger partial charge in [0.15, 0.2) is 0 Å². The van der Waals surface area contributed by atoms with Crippen LogP contribution in [0.1, 0.15) is 34.8 Å². The number of aryl methyl sites for hydroxylation is 2. The van der Waals surface area contributed by atoms with E-state index < -0.39 is 0 Å². The van der Waals surface area contributed by atoms with Crippen molar-refractivity contribution in [1.29, 1.82) is 0 Å². The van der Waals surface area contributed by atoms with E-state index in [0.29, 0.717) is 5.92 Å². The van der Waals surface area contributed by atoms with Gasteiger partial charge in [0.1, 0.15) is 0 Å². The normalized spacial score (nSPS) is 12.9. The van der Waals surface area contributed by atoms with Gasteiger partial charge in [0.2, 0.25) is 5.78 Å². The lowest BCUT2D eigenvalue weighted by Crippen LogP contribution is -1.99. The number of fused-ring (bicyclic) bond motifs is 1. The molecule has 0 aliphatic rings. The predicted octanol–water partition coefficient (Wildman–Crippen LogP) is 3.23. The molecule has 3 aromatic rings. The molecule has 0 amide bonds. The lowest BCUT2D eigenvalue weighted by Gasteiger charge is -2.07. The number of rotatable bonds is 4. The number of aromatic nitrogens is 4. The number of thiazole rings is 1. The van der Waals surface area contributed by atoms with Crippen LogP contribution in [-0.4, -0.2) is 19.4 Å². The van der Waals surface area contributed by atoms with E-state index in [1.165, 1.54) is 15.6 Å². The Kier molecular flexibility index (Phi) is 3.29. The first-order valence-electron chi connectivity index (χ1n) is 6.43. The topological polar surface area (TPSA) is 43.1 Å². The molecule has 0 N–H and O–H groups in total. The molecule has 0 bridgehead atoms. The molecule has 0 radical (unpaired) electrons. The molecule has 1 unspecified atom stereocenters. The zero-order valence-electron chi connectivity index (χ0n) is 11.1. The van der Waals surface area contributed by atoms with Crippen LogP contribution in [0.25, 0.3) is 5.78 Å². The van der Waals surface area contributed by atoms with Gasteiger partial charge < -0.3 is 0 Å². The molecule has 19 heavy (non-hydrogen) atoms. The Morgan fingerprint density at radius 2 is 2.16 bits per heavy atom. The zero-order valence-corrected chi connectivity index (χ0v) is 11.9. The molecule has 3 heterocycles. The van der Waals surface area contributed by atoms with Crippen molar-refractivity contribution in [1.82, 2.24) is 19.4 Å². The quantitative estimate of drug-likeness (QED) is 0.732. The van der Waals surface area contributed by atoms with Crippen molar-refractivity contribution >= 4 is 17.1 Å². The summed E-state index contributed by atoms with van der Waals surface area (Å²) in [5, 5.41) is 1.23. The summed E-state index contributed by atoms with van der Waals surface area (Å²) in [5.74, 6) is 1.26. The summed E-state index contributed by atoms with van der Waals surface area (Å²) in [5.41, 5.74) is 1.21. The number of nitrogens with zero attached hydrogens (tertiary/aromatic N) is 4. The van der Waals surface area contributed by atoms with Crippen molar-refractivity contribution in [2.75, 3.05) is 0 Å². The zero-order chi connectivity index (χ0) is 13.2. The molecule has 0 aromatic carbocycles. The van der Waals surface area contributed by atoms with Gasteiger partial charge in [0, 0.05) is 35.1 Å². The molecule has 3 aromatic heterocycles. The average molecular weight is 272 g/mol. The summed E-state index contributed by atoms with van der Waals surface area (Å²) in [6.07, 6.45) is 9.73. The number of imidazole rings is 1. The van der Waals surface area contributed by atoms with E-state index in [4.69, 9.17) is 0 Å². The fourth-order valence-corrected chi connectivity index (χ4v) is 3.01. The second kappa shape index (κ2) is 5.09. The fourth-order valence-electron chi connectivity index (χ4n) is 2.15. The third-order valence-electron chi connectivity index (χ3n) is 3.26. The molecular weight excluding hydrogens is 256 g/mol. The van der Waals surface area contributed by atoms with E-state index in [0.717, 1.165) is 18.6 Å². The highest BCUT2D eigenvalue weighted by Gasteiger charge is 2.11. The molecule has 98 valence electrons. The molecule has 4 nitrogen and oxygen atoms in total. The molecule has 0 fully saturated rings. The summed E-state index contributed by atoms with van der Waals surface area (Å²) in [4.78, 5) is 14.3. The van der Waals surface area contributed by atoms with Gasteiger partial charge in [-0.05, 0) is 25.8 Å². The second-order valence-electron chi connectivity index (χ2n) is 4.79. The van der Waals surface area contributed by atoms with Gasteiger partial charge in [-0.2, -0.15) is 0 Å². The summed E-state index contributed by atoms with van der Waals surface area (Å²) < 4.78 is 2.06. The first kappa shape index (κ1) is 12.3. The molecule has 5 heteroatoms. The minimum Gasteiger partial charge on any atom is -0.288 e. The van der Waals surface area contributed by atoms with Crippen LogP contribution in [0.4, 0.5) is 0 Å². The van der Waals surface area contributed by atoms with E-state index in [9.17, 15) is 0 Å². The molecule has 0 saturated carbocycles. The Morgan fingerprint density at radius 1 is 1.26 bits per heavy atom. The molecule has 3 rings (SSSR count). The summed E-state index contributed by atoms with van der Waals surface area (Å²) >= 11 is 1.79. The highest BCUT2D eigenvalue weighted by Crippen LogP contribution is 2.25. The van der Waals surface area contributed by atoms with Gasteiger partial charge in [-0.25, -0.2) is 15.0 Å². The van der Waals surface area contributed by atoms with Gasteiger partial charge in [0.05, 0.1) is 11.2 Å². The number of hydrogen-bond donors (Lipinski definition) is 0. The smallest absolute Gasteiger partial charge is 0.233 e. The minimum atomic E-state index is 0.487. The van der Waals surface area contributed by atoms with Crippen LogP contribution < -0.4 is 0 Å². The van der Waals surface area contributed by atoms with Gasteiger partial charge in [-0.15, -0.1) is 11.3 Å². The summed E-state index contributed by atoms with van der Waals surface area (Å²) in [6, 6.07) is 1.94. The van der Waals surface area contributed by atoms with Crippen LogP contribution in [0.5, 0.6) is 0 Å². The van der Waals surface area contributed by atoms with Crippen LogP contribution in [0.3, 0.4) is 0 Å². The van der Waals surface area contributed by atoms with E-state index in [2.05, 4.69) is 33.2 Å². The van der Waals surface area contributed by atoms with Crippen molar-refractivity contribution in [2.45, 2.75) is 32.6 Å². The third kappa shape index (κ3) is 2.51. The SMILES string of the molecule is Cc1cnc(C(C)CCc2cnc3ncccn23)s1. The maximum atomic E-state index is 4.46. The standard InChI is InChI=1S/C14H16N4S/c1-10(13-16-8-11(2)19-13)4-5-12-9-17-14-15-6-3-7-18(12)14/h3,6-10H,4-5H2,1-2H3. The first-order chi connectivity index (χ1) is 9.24. The van der Waals surface area contributed by atoms with Crippen LogP contribution in [0.15, 0.2) is 30.9 Å². The maximum absolute atomic E-state index is 4.46.